The number of benzene rings is 2. The monoisotopic (exact) mass is 432 g/mol. The lowest BCUT2D eigenvalue weighted by Crippen LogP contribution is -2.15. The van der Waals surface area contributed by atoms with E-state index in [1.54, 1.807) is 24.3 Å². The maximum atomic E-state index is 12.2. The lowest BCUT2D eigenvalue weighted by Gasteiger charge is -2.10. The Bertz CT molecular complexity index is 731. The third-order valence-corrected chi connectivity index (χ3v) is 5.24. The molecule has 0 aromatic heterocycles. The van der Waals surface area contributed by atoms with Crippen LogP contribution in [0, 0.1) is 0 Å². The van der Waals surface area contributed by atoms with E-state index in [9.17, 15) is 8.42 Å². The molecule has 0 atom stereocenters. The largest absolute Gasteiger partial charge is 0.326 e. The van der Waals surface area contributed by atoms with E-state index < -0.39 is 10.0 Å². The van der Waals surface area contributed by atoms with E-state index in [0.717, 1.165) is 10.0 Å². The van der Waals surface area contributed by atoms with Crippen LogP contribution in [0.2, 0.25) is 0 Å². The molecule has 0 aliphatic rings. The second kappa shape index (κ2) is 6.91. The zero-order valence-corrected chi connectivity index (χ0v) is 15.0. The Hall–Kier alpha value is -0.890. The average Bonchev–Trinajstić information content (AvgIpc) is 2.43. The molecule has 2 aromatic carbocycles. The van der Waals surface area contributed by atoms with Crippen molar-refractivity contribution in [3.05, 3.63) is 62.5 Å². The summed E-state index contributed by atoms with van der Waals surface area (Å²) in [6.45, 7) is 0.441. The topological polar surface area (TPSA) is 72.2 Å². The first-order valence-corrected chi connectivity index (χ1v) is 9.37. The zero-order valence-electron chi connectivity index (χ0n) is 11.0. The highest BCUT2D eigenvalue weighted by Crippen LogP contribution is 2.27. The fraction of sp³-hybridized carbons (Fsp3) is 0.143. The van der Waals surface area contributed by atoms with Crippen molar-refractivity contribution in [2.75, 3.05) is 4.72 Å². The Balaban J connectivity index is 2.16. The van der Waals surface area contributed by atoms with Gasteiger partial charge < -0.3 is 5.73 Å². The van der Waals surface area contributed by atoms with E-state index in [2.05, 4.69) is 36.6 Å². The molecule has 0 aliphatic carbocycles. The Labute approximate surface area is 141 Å². The Kier molecular flexibility index (Phi) is 5.43. The number of halogens is 2. The Morgan fingerprint density at radius 3 is 2.24 bits per heavy atom. The number of sulfonamides is 1. The molecule has 2 rings (SSSR count). The first kappa shape index (κ1) is 16.5. The Morgan fingerprint density at radius 2 is 1.62 bits per heavy atom. The molecule has 0 aliphatic heterocycles. The van der Waals surface area contributed by atoms with Crippen LogP contribution in [0.3, 0.4) is 0 Å². The van der Waals surface area contributed by atoms with Gasteiger partial charge in [0.1, 0.15) is 0 Å². The summed E-state index contributed by atoms with van der Waals surface area (Å²) in [6.07, 6.45) is 0. The average molecular weight is 434 g/mol. The van der Waals surface area contributed by atoms with E-state index in [1.165, 1.54) is 0 Å². The van der Waals surface area contributed by atoms with Gasteiger partial charge >= 0.3 is 0 Å². The fourth-order valence-corrected chi connectivity index (χ4v) is 3.82. The minimum absolute atomic E-state index is 0.0865. The van der Waals surface area contributed by atoms with Crippen molar-refractivity contribution in [3.8, 4) is 0 Å². The van der Waals surface area contributed by atoms with Crippen LogP contribution in [0.25, 0.3) is 0 Å². The van der Waals surface area contributed by atoms with Gasteiger partial charge in [-0.25, -0.2) is 8.42 Å². The summed E-state index contributed by atoms with van der Waals surface area (Å²) in [4.78, 5) is 0. The maximum Gasteiger partial charge on any atom is 0.236 e. The molecule has 21 heavy (non-hydrogen) atoms. The van der Waals surface area contributed by atoms with Gasteiger partial charge in [0.05, 0.1) is 11.4 Å². The molecular weight excluding hydrogens is 420 g/mol. The van der Waals surface area contributed by atoms with Gasteiger partial charge in [0.2, 0.25) is 10.0 Å². The van der Waals surface area contributed by atoms with Gasteiger partial charge in [-0.15, -0.1) is 0 Å². The molecule has 2 aromatic rings. The van der Waals surface area contributed by atoms with E-state index in [1.807, 2.05) is 18.2 Å². The van der Waals surface area contributed by atoms with Crippen LogP contribution in [0.15, 0.2) is 51.4 Å². The smallest absolute Gasteiger partial charge is 0.236 e. The summed E-state index contributed by atoms with van der Waals surface area (Å²) in [5.74, 6) is -0.0865. The molecule has 0 heterocycles. The highest BCUT2D eigenvalue weighted by atomic mass is 79.9. The lowest BCUT2D eigenvalue weighted by molar-refractivity contribution is 0.600. The van der Waals surface area contributed by atoms with Crippen LogP contribution in [0.4, 0.5) is 5.69 Å². The van der Waals surface area contributed by atoms with Crippen LogP contribution in [0.1, 0.15) is 11.1 Å². The van der Waals surface area contributed by atoms with Gasteiger partial charge in [0, 0.05) is 15.5 Å². The standard InChI is InChI=1S/C14H14Br2N2O2S/c15-12-5-6-13(16)14(7-12)18-21(19,20)9-11-3-1-10(8-17)2-4-11/h1-7,18H,8-9,17H2. The molecular formula is C14H14Br2N2O2S. The molecule has 0 unspecified atom stereocenters. The van der Waals surface area contributed by atoms with Crippen molar-refractivity contribution in [1.82, 2.24) is 0 Å². The number of rotatable bonds is 5. The van der Waals surface area contributed by atoms with E-state index in [0.29, 0.717) is 22.3 Å². The van der Waals surface area contributed by atoms with Crippen LogP contribution in [-0.2, 0) is 22.3 Å². The molecule has 4 nitrogen and oxygen atoms in total. The lowest BCUT2D eigenvalue weighted by atomic mass is 10.1. The predicted molar refractivity (Wildman–Crippen MR) is 92.4 cm³/mol. The molecule has 0 spiro atoms. The van der Waals surface area contributed by atoms with E-state index in [-0.39, 0.29) is 5.75 Å². The van der Waals surface area contributed by atoms with Crippen molar-refractivity contribution in [2.45, 2.75) is 12.3 Å². The zero-order chi connectivity index (χ0) is 15.5. The number of nitrogens with two attached hydrogens (primary N) is 1. The highest BCUT2D eigenvalue weighted by molar-refractivity contribution is 9.11. The molecule has 0 amide bonds. The Morgan fingerprint density at radius 1 is 1.00 bits per heavy atom. The molecule has 112 valence electrons. The van der Waals surface area contributed by atoms with Crippen molar-refractivity contribution in [3.63, 3.8) is 0 Å². The number of hydrogen-bond acceptors (Lipinski definition) is 3. The minimum Gasteiger partial charge on any atom is -0.326 e. The summed E-state index contributed by atoms with van der Waals surface area (Å²) in [5.41, 5.74) is 7.71. The second-order valence-electron chi connectivity index (χ2n) is 4.51. The summed E-state index contributed by atoms with van der Waals surface area (Å²) in [6, 6.07) is 12.5. The third kappa shape index (κ3) is 4.81. The van der Waals surface area contributed by atoms with Gasteiger partial charge in [-0.05, 0) is 45.3 Å². The summed E-state index contributed by atoms with van der Waals surface area (Å²) < 4.78 is 28.5. The number of hydrogen-bond donors (Lipinski definition) is 2. The summed E-state index contributed by atoms with van der Waals surface area (Å²) in [7, 11) is -3.48. The number of nitrogens with one attached hydrogen (secondary N) is 1. The van der Waals surface area contributed by atoms with Crippen molar-refractivity contribution in [1.29, 1.82) is 0 Å². The third-order valence-electron chi connectivity index (χ3n) is 2.81. The van der Waals surface area contributed by atoms with Gasteiger partial charge in [0.15, 0.2) is 0 Å². The quantitative estimate of drug-likeness (QED) is 0.756. The molecule has 3 N–H and O–H groups in total. The predicted octanol–water partition coefficient (Wildman–Crippen LogP) is 3.61. The summed E-state index contributed by atoms with van der Waals surface area (Å²) in [5, 5.41) is 0. The van der Waals surface area contributed by atoms with Crippen LogP contribution >= 0.6 is 31.9 Å². The first-order valence-electron chi connectivity index (χ1n) is 6.13. The molecule has 0 bridgehead atoms. The van der Waals surface area contributed by atoms with Crippen molar-refractivity contribution < 1.29 is 8.42 Å². The van der Waals surface area contributed by atoms with E-state index >= 15 is 0 Å². The molecule has 0 saturated heterocycles. The highest BCUT2D eigenvalue weighted by Gasteiger charge is 2.13. The normalized spacial score (nSPS) is 11.4. The molecule has 0 fully saturated rings. The molecule has 7 heteroatoms. The van der Waals surface area contributed by atoms with Crippen LogP contribution in [-0.4, -0.2) is 8.42 Å². The second-order valence-corrected chi connectivity index (χ2v) is 8.00. The van der Waals surface area contributed by atoms with Crippen LogP contribution < -0.4 is 10.5 Å². The summed E-state index contributed by atoms with van der Waals surface area (Å²) >= 11 is 6.64. The SMILES string of the molecule is NCc1ccc(CS(=O)(=O)Nc2cc(Br)ccc2Br)cc1. The van der Waals surface area contributed by atoms with Crippen molar-refractivity contribution >= 4 is 47.6 Å². The van der Waals surface area contributed by atoms with Crippen LogP contribution in [0.5, 0.6) is 0 Å². The maximum absolute atomic E-state index is 12.2. The fourth-order valence-electron chi connectivity index (χ4n) is 1.77. The van der Waals surface area contributed by atoms with Gasteiger partial charge in [0.25, 0.3) is 0 Å². The van der Waals surface area contributed by atoms with Gasteiger partial charge in [-0.1, -0.05) is 40.2 Å². The molecule has 0 radical (unpaired) electrons. The van der Waals surface area contributed by atoms with Gasteiger partial charge in [-0.2, -0.15) is 0 Å². The van der Waals surface area contributed by atoms with E-state index in [4.69, 9.17) is 5.73 Å². The van der Waals surface area contributed by atoms with Crippen molar-refractivity contribution in [2.24, 2.45) is 5.73 Å². The number of anilines is 1. The molecule has 0 saturated carbocycles. The minimum atomic E-state index is -3.48. The first-order chi connectivity index (χ1) is 9.89. The van der Waals surface area contributed by atoms with Gasteiger partial charge in [-0.3, -0.25) is 4.72 Å².